The second kappa shape index (κ2) is 5.14. The summed E-state index contributed by atoms with van der Waals surface area (Å²) in [5.74, 6) is -2.69. The first kappa shape index (κ1) is 12.0. The lowest BCUT2D eigenvalue weighted by Gasteiger charge is -2.12. The number of nitrogens with two attached hydrogens (primary N) is 1. The van der Waals surface area contributed by atoms with E-state index in [9.17, 15) is 13.2 Å². The Morgan fingerprint density at radius 1 is 1.27 bits per heavy atom. The number of hydrogen-bond donors (Lipinski definition) is 2. The van der Waals surface area contributed by atoms with Gasteiger partial charge in [0.25, 0.3) is 0 Å². The van der Waals surface area contributed by atoms with Crippen LogP contribution in [0.25, 0.3) is 0 Å². The lowest BCUT2D eigenvalue weighted by atomic mass is 10.2. The van der Waals surface area contributed by atoms with Gasteiger partial charge < -0.3 is 11.1 Å². The van der Waals surface area contributed by atoms with Crippen LogP contribution in [-0.2, 0) is 6.54 Å². The molecule has 0 heterocycles. The van der Waals surface area contributed by atoms with Gasteiger partial charge in [-0.25, -0.2) is 13.2 Å². The molecule has 0 bridgehead atoms. The molecular weight excluding hydrogens is 205 g/mol. The summed E-state index contributed by atoms with van der Waals surface area (Å²) in [5, 5.41) is 2.82. The van der Waals surface area contributed by atoms with Crippen LogP contribution in [0.3, 0.4) is 0 Å². The van der Waals surface area contributed by atoms with E-state index >= 15 is 0 Å². The van der Waals surface area contributed by atoms with Crippen LogP contribution in [0.15, 0.2) is 12.1 Å². The molecule has 1 rings (SSSR count). The molecule has 0 fully saturated rings. The average molecular weight is 218 g/mol. The van der Waals surface area contributed by atoms with Crippen LogP contribution in [0.5, 0.6) is 0 Å². The van der Waals surface area contributed by atoms with Crippen molar-refractivity contribution in [1.29, 1.82) is 0 Å². The summed E-state index contributed by atoms with van der Waals surface area (Å²) < 4.78 is 38.8. The molecule has 1 aromatic rings. The molecule has 0 aromatic heterocycles. The number of hydrogen-bond acceptors (Lipinski definition) is 2. The largest absolute Gasteiger partial charge is 0.329 e. The Hall–Kier alpha value is -1.07. The molecule has 0 saturated carbocycles. The van der Waals surface area contributed by atoms with E-state index in [1.165, 1.54) is 0 Å². The van der Waals surface area contributed by atoms with Gasteiger partial charge >= 0.3 is 0 Å². The summed E-state index contributed by atoms with van der Waals surface area (Å²) in [6.07, 6.45) is 0. The Labute approximate surface area is 86.3 Å². The molecule has 0 radical (unpaired) electrons. The quantitative estimate of drug-likeness (QED) is 0.804. The zero-order valence-corrected chi connectivity index (χ0v) is 8.36. The smallest absolute Gasteiger partial charge is 0.133 e. The molecule has 2 nitrogen and oxygen atoms in total. The van der Waals surface area contributed by atoms with Crippen LogP contribution in [-0.4, -0.2) is 12.6 Å². The summed E-state index contributed by atoms with van der Waals surface area (Å²) in [5.41, 5.74) is 5.16. The van der Waals surface area contributed by atoms with Gasteiger partial charge in [-0.3, -0.25) is 0 Å². The van der Waals surface area contributed by atoms with Gasteiger partial charge in [-0.15, -0.1) is 0 Å². The number of rotatable bonds is 4. The normalized spacial score (nSPS) is 12.9. The predicted octanol–water partition coefficient (Wildman–Crippen LogP) is 1.54. The van der Waals surface area contributed by atoms with Crippen molar-refractivity contribution >= 4 is 0 Å². The molecule has 0 unspecified atom stereocenters. The predicted molar refractivity (Wildman–Crippen MR) is 51.7 cm³/mol. The van der Waals surface area contributed by atoms with Crippen LogP contribution in [0.4, 0.5) is 13.2 Å². The molecule has 15 heavy (non-hydrogen) atoms. The monoisotopic (exact) mass is 218 g/mol. The fourth-order valence-electron chi connectivity index (χ4n) is 1.10. The molecule has 84 valence electrons. The van der Waals surface area contributed by atoms with Crippen molar-refractivity contribution in [2.75, 3.05) is 6.54 Å². The molecule has 0 amide bonds. The Morgan fingerprint density at radius 2 is 1.80 bits per heavy atom. The van der Waals surface area contributed by atoms with Crippen molar-refractivity contribution in [3.8, 4) is 0 Å². The molecule has 1 aromatic carbocycles. The van der Waals surface area contributed by atoms with E-state index in [0.717, 1.165) is 0 Å². The molecule has 5 heteroatoms. The maximum absolute atomic E-state index is 13.1. The van der Waals surface area contributed by atoms with Crippen molar-refractivity contribution in [3.05, 3.63) is 35.1 Å². The van der Waals surface area contributed by atoms with Crippen molar-refractivity contribution in [2.24, 2.45) is 5.73 Å². The fourth-order valence-corrected chi connectivity index (χ4v) is 1.10. The molecule has 0 aliphatic carbocycles. The van der Waals surface area contributed by atoms with Crippen molar-refractivity contribution < 1.29 is 13.2 Å². The first-order valence-corrected chi connectivity index (χ1v) is 4.61. The highest BCUT2D eigenvalue weighted by Gasteiger charge is 2.11. The van der Waals surface area contributed by atoms with E-state index in [0.29, 0.717) is 18.7 Å². The van der Waals surface area contributed by atoms with Gasteiger partial charge in [0.1, 0.15) is 17.5 Å². The number of halogens is 3. The van der Waals surface area contributed by atoms with Gasteiger partial charge in [-0.2, -0.15) is 0 Å². The Bertz CT molecular complexity index is 318. The molecule has 0 aliphatic rings. The van der Waals surface area contributed by atoms with Crippen LogP contribution in [0, 0.1) is 17.5 Å². The fraction of sp³-hybridized carbons (Fsp3) is 0.400. The lowest BCUT2D eigenvalue weighted by molar-refractivity contribution is 0.490. The Kier molecular flexibility index (Phi) is 4.11. The summed E-state index contributed by atoms with van der Waals surface area (Å²) in [7, 11) is 0. The minimum Gasteiger partial charge on any atom is -0.329 e. The zero-order valence-electron chi connectivity index (χ0n) is 8.36. The lowest BCUT2D eigenvalue weighted by Crippen LogP contribution is -2.33. The van der Waals surface area contributed by atoms with E-state index in [4.69, 9.17) is 5.73 Å². The van der Waals surface area contributed by atoms with Gasteiger partial charge in [0, 0.05) is 36.8 Å². The van der Waals surface area contributed by atoms with E-state index in [1.54, 1.807) is 6.92 Å². The van der Waals surface area contributed by atoms with Gasteiger partial charge in [0.15, 0.2) is 0 Å². The molecular formula is C10H13F3N2. The molecule has 3 N–H and O–H groups in total. The first-order chi connectivity index (χ1) is 7.04. The maximum atomic E-state index is 13.1. The highest BCUT2D eigenvalue weighted by molar-refractivity contribution is 5.20. The van der Waals surface area contributed by atoms with E-state index in [1.807, 2.05) is 0 Å². The SMILES string of the molecule is C[C@@H](CN)NCc1c(F)cc(F)cc1F. The number of nitrogens with one attached hydrogen (secondary N) is 1. The van der Waals surface area contributed by atoms with Crippen LogP contribution >= 0.6 is 0 Å². The summed E-state index contributed by atoms with van der Waals surface area (Å²) in [6.45, 7) is 2.15. The van der Waals surface area contributed by atoms with E-state index in [2.05, 4.69) is 5.32 Å². The Balaban J connectivity index is 2.77. The summed E-state index contributed by atoms with van der Waals surface area (Å²) in [6, 6.07) is 1.27. The zero-order chi connectivity index (χ0) is 11.4. The summed E-state index contributed by atoms with van der Waals surface area (Å²) in [4.78, 5) is 0. The van der Waals surface area contributed by atoms with Crippen molar-refractivity contribution in [2.45, 2.75) is 19.5 Å². The Morgan fingerprint density at radius 3 is 2.27 bits per heavy atom. The van der Waals surface area contributed by atoms with Gasteiger partial charge in [-0.05, 0) is 6.92 Å². The molecule has 0 aliphatic heterocycles. The average Bonchev–Trinajstić information content (AvgIpc) is 2.15. The molecule has 0 saturated heterocycles. The van der Waals surface area contributed by atoms with Crippen LogP contribution < -0.4 is 11.1 Å². The van der Waals surface area contributed by atoms with Gasteiger partial charge in [0.2, 0.25) is 0 Å². The summed E-state index contributed by atoms with van der Waals surface area (Å²) >= 11 is 0. The highest BCUT2D eigenvalue weighted by Crippen LogP contribution is 2.14. The standard InChI is InChI=1S/C10H13F3N2/c1-6(4-14)15-5-8-9(12)2-7(11)3-10(8)13/h2-3,6,15H,4-5,14H2,1H3/t6-/m0/s1. The topological polar surface area (TPSA) is 38.0 Å². The second-order valence-corrected chi connectivity index (χ2v) is 3.37. The third-order valence-electron chi connectivity index (χ3n) is 2.09. The molecule has 1 atom stereocenters. The van der Waals surface area contributed by atoms with Crippen LogP contribution in [0.1, 0.15) is 12.5 Å². The minimum atomic E-state index is -0.916. The number of benzene rings is 1. The van der Waals surface area contributed by atoms with E-state index in [-0.39, 0.29) is 18.2 Å². The minimum absolute atomic E-state index is 0.00366. The maximum Gasteiger partial charge on any atom is 0.133 e. The van der Waals surface area contributed by atoms with Crippen molar-refractivity contribution in [3.63, 3.8) is 0 Å². The highest BCUT2D eigenvalue weighted by atomic mass is 19.1. The van der Waals surface area contributed by atoms with Crippen LogP contribution in [0.2, 0.25) is 0 Å². The van der Waals surface area contributed by atoms with Crippen molar-refractivity contribution in [1.82, 2.24) is 5.32 Å². The second-order valence-electron chi connectivity index (χ2n) is 3.37. The first-order valence-electron chi connectivity index (χ1n) is 4.61. The van der Waals surface area contributed by atoms with Gasteiger partial charge in [0.05, 0.1) is 0 Å². The van der Waals surface area contributed by atoms with E-state index < -0.39 is 17.5 Å². The third-order valence-corrected chi connectivity index (χ3v) is 2.09. The third kappa shape index (κ3) is 3.21. The van der Waals surface area contributed by atoms with Gasteiger partial charge in [-0.1, -0.05) is 0 Å². The molecule has 0 spiro atoms.